The molecule has 0 saturated heterocycles. The normalized spacial score (nSPS) is 13.5. The van der Waals surface area contributed by atoms with Gasteiger partial charge in [0.15, 0.2) is 0 Å². The third kappa shape index (κ3) is 5.96. The van der Waals surface area contributed by atoms with Gasteiger partial charge in [-0.2, -0.15) is 0 Å². The van der Waals surface area contributed by atoms with Crippen LogP contribution in [0.25, 0.3) is 0 Å². The highest BCUT2D eigenvalue weighted by Gasteiger charge is 2.01. The van der Waals surface area contributed by atoms with Crippen molar-refractivity contribution in [3.63, 3.8) is 0 Å². The van der Waals surface area contributed by atoms with Crippen LogP contribution in [0.5, 0.6) is 0 Å². The fourth-order valence-electron chi connectivity index (χ4n) is 1.27. The second kappa shape index (κ2) is 6.89. The second-order valence-electron chi connectivity index (χ2n) is 3.10. The monoisotopic (exact) mass is 169 g/mol. The van der Waals surface area contributed by atoms with E-state index >= 15 is 0 Å². The molecule has 2 heteroatoms. The Morgan fingerprint density at radius 3 is 2.58 bits per heavy atom. The zero-order chi connectivity index (χ0) is 9.40. The van der Waals surface area contributed by atoms with Crippen LogP contribution in [-0.4, -0.2) is 5.91 Å². The van der Waals surface area contributed by atoms with Crippen molar-refractivity contribution < 1.29 is 4.79 Å². The summed E-state index contributed by atoms with van der Waals surface area (Å²) in [5, 5.41) is 0. The summed E-state index contributed by atoms with van der Waals surface area (Å²) in [5.41, 5.74) is 4.97. The summed E-state index contributed by atoms with van der Waals surface area (Å²) in [6.45, 7) is 4.36. The summed E-state index contributed by atoms with van der Waals surface area (Å²) >= 11 is 0. The molecule has 0 bridgehead atoms. The van der Waals surface area contributed by atoms with Crippen LogP contribution in [0.3, 0.4) is 0 Å². The molecule has 0 aliphatic rings. The zero-order valence-electron chi connectivity index (χ0n) is 8.05. The van der Waals surface area contributed by atoms with E-state index in [1.54, 1.807) is 0 Å². The van der Waals surface area contributed by atoms with Crippen LogP contribution in [0.4, 0.5) is 0 Å². The lowest BCUT2D eigenvalue weighted by molar-refractivity contribution is -0.113. The van der Waals surface area contributed by atoms with Crippen molar-refractivity contribution in [2.45, 2.75) is 39.5 Å². The minimum atomic E-state index is -0.346. The van der Waals surface area contributed by atoms with E-state index in [0.29, 0.717) is 5.92 Å². The predicted molar refractivity (Wildman–Crippen MR) is 51.6 cm³/mol. The first-order valence-corrected chi connectivity index (χ1v) is 4.66. The molecule has 0 aromatic rings. The minimum Gasteiger partial charge on any atom is -0.366 e. The molecule has 1 amide bonds. The minimum absolute atomic E-state index is 0.346. The largest absolute Gasteiger partial charge is 0.366 e. The van der Waals surface area contributed by atoms with Gasteiger partial charge in [-0.15, -0.1) is 0 Å². The smallest absolute Gasteiger partial charge is 0.241 e. The van der Waals surface area contributed by atoms with Crippen molar-refractivity contribution in [2.24, 2.45) is 11.7 Å². The van der Waals surface area contributed by atoms with Gasteiger partial charge in [0, 0.05) is 0 Å². The highest BCUT2D eigenvalue weighted by Crippen LogP contribution is 2.15. The van der Waals surface area contributed by atoms with Gasteiger partial charge in [0.05, 0.1) is 0 Å². The van der Waals surface area contributed by atoms with Gasteiger partial charge in [-0.3, -0.25) is 4.79 Å². The fourth-order valence-corrected chi connectivity index (χ4v) is 1.27. The standard InChI is InChI=1S/C10H19NO/c1-3-6-9(4-2)7-5-8-10(11)12/h5,8-9H,3-4,6-7H2,1-2H3,(H2,11,12)/b8-5-. The predicted octanol–water partition coefficient (Wildman–Crippen LogP) is 2.24. The molecule has 0 rings (SSSR count). The van der Waals surface area contributed by atoms with Crippen LogP contribution < -0.4 is 5.73 Å². The van der Waals surface area contributed by atoms with E-state index in [1.807, 2.05) is 6.08 Å². The molecule has 2 nitrogen and oxygen atoms in total. The SMILES string of the molecule is CCCC(CC)C/C=C\C(N)=O. The van der Waals surface area contributed by atoms with Gasteiger partial charge >= 0.3 is 0 Å². The van der Waals surface area contributed by atoms with Crippen LogP contribution in [-0.2, 0) is 4.79 Å². The number of carbonyl (C=O) groups is 1. The van der Waals surface area contributed by atoms with Crippen LogP contribution in [0, 0.1) is 5.92 Å². The molecule has 70 valence electrons. The zero-order valence-corrected chi connectivity index (χ0v) is 8.05. The van der Waals surface area contributed by atoms with E-state index in [-0.39, 0.29) is 5.91 Å². The molecule has 0 aromatic heterocycles. The Bertz CT molecular complexity index is 152. The molecule has 1 atom stereocenters. The molecule has 0 aliphatic carbocycles. The van der Waals surface area contributed by atoms with Crippen LogP contribution in [0.15, 0.2) is 12.2 Å². The van der Waals surface area contributed by atoms with Crippen LogP contribution in [0.1, 0.15) is 39.5 Å². The topological polar surface area (TPSA) is 43.1 Å². The molecule has 0 fully saturated rings. The first-order valence-electron chi connectivity index (χ1n) is 4.66. The number of hydrogen-bond donors (Lipinski definition) is 1. The number of allylic oxidation sites excluding steroid dienone is 1. The summed E-state index contributed by atoms with van der Waals surface area (Å²) < 4.78 is 0. The summed E-state index contributed by atoms with van der Waals surface area (Å²) in [7, 11) is 0. The lowest BCUT2D eigenvalue weighted by atomic mass is 9.97. The first kappa shape index (κ1) is 11.2. The summed E-state index contributed by atoms with van der Waals surface area (Å²) in [6, 6.07) is 0. The van der Waals surface area contributed by atoms with Gasteiger partial charge in [-0.1, -0.05) is 39.2 Å². The van der Waals surface area contributed by atoms with Crippen molar-refractivity contribution in [2.75, 3.05) is 0 Å². The van der Waals surface area contributed by atoms with Crippen molar-refractivity contribution in [1.29, 1.82) is 0 Å². The highest BCUT2D eigenvalue weighted by molar-refractivity contribution is 5.85. The molecule has 2 N–H and O–H groups in total. The summed E-state index contributed by atoms with van der Waals surface area (Å²) in [6.07, 6.45) is 7.94. The summed E-state index contributed by atoms with van der Waals surface area (Å²) in [4.78, 5) is 10.4. The number of primary amides is 1. The number of nitrogens with two attached hydrogens (primary N) is 1. The van der Waals surface area contributed by atoms with Gasteiger partial charge in [0.25, 0.3) is 0 Å². The van der Waals surface area contributed by atoms with Gasteiger partial charge < -0.3 is 5.73 Å². The van der Waals surface area contributed by atoms with Gasteiger partial charge in [0.2, 0.25) is 5.91 Å². The highest BCUT2D eigenvalue weighted by atomic mass is 16.1. The van der Waals surface area contributed by atoms with Gasteiger partial charge in [0.1, 0.15) is 0 Å². The number of amides is 1. The van der Waals surface area contributed by atoms with E-state index in [0.717, 1.165) is 6.42 Å². The molecular formula is C10H19NO. The number of hydrogen-bond acceptors (Lipinski definition) is 1. The van der Waals surface area contributed by atoms with Crippen molar-refractivity contribution in [3.05, 3.63) is 12.2 Å². The lowest BCUT2D eigenvalue weighted by Crippen LogP contribution is -2.06. The Hall–Kier alpha value is -0.790. The fraction of sp³-hybridized carbons (Fsp3) is 0.700. The Kier molecular flexibility index (Phi) is 6.44. The Labute approximate surface area is 74.8 Å². The number of carbonyl (C=O) groups excluding carboxylic acids is 1. The van der Waals surface area contributed by atoms with Crippen molar-refractivity contribution in [1.82, 2.24) is 0 Å². The average Bonchev–Trinajstić information content (AvgIpc) is 2.02. The Morgan fingerprint density at radius 2 is 2.17 bits per heavy atom. The van der Waals surface area contributed by atoms with Crippen molar-refractivity contribution >= 4 is 5.91 Å². The molecule has 0 radical (unpaired) electrons. The van der Waals surface area contributed by atoms with E-state index in [2.05, 4.69) is 13.8 Å². The molecule has 0 aliphatic heterocycles. The molecule has 0 spiro atoms. The Morgan fingerprint density at radius 1 is 1.50 bits per heavy atom. The third-order valence-corrected chi connectivity index (χ3v) is 2.03. The molecule has 0 saturated carbocycles. The number of rotatable bonds is 6. The Balaban J connectivity index is 3.63. The third-order valence-electron chi connectivity index (χ3n) is 2.03. The van der Waals surface area contributed by atoms with E-state index in [9.17, 15) is 4.79 Å². The molecular weight excluding hydrogens is 150 g/mol. The maximum atomic E-state index is 10.4. The molecule has 0 heterocycles. The maximum absolute atomic E-state index is 10.4. The first-order chi connectivity index (χ1) is 5.70. The average molecular weight is 169 g/mol. The molecule has 1 unspecified atom stereocenters. The maximum Gasteiger partial charge on any atom is 0.241 e. The lowest BCUT2D eigenvalue weighted by Gasteiger charge is -2.09. The molecule has 0 aromatic carbocycles. The van der Waals surface area contributed by atoms with E-state index in [1.165, 1.54) is 25.3 Å². The van der Waals surface area contributed by atoms with Gasteiger partial charge in [-0.05, 0) is 18.4 Å². The van der Waals surface area contributed by atoms with Gasteiger partial charge in [-0.25, -0.2) is 0 Å². The summed E-state index contributed by atoms with van der Waals surface area (Å²) in [5.74, 6) is 0.368. The van der Waals surface area contributed by atoms with E-state index < -0.39 is 0 Å². The second-order valence-corrected chi connectivity index (χ2v) is 3.10. The van der Waals surface area contributed by atoms with Crippen LogP contribution >= 0.6 is 0 Å². The van der Waals surface area contributed by atoms with E-state index in [4.69, 9.17) is 5.73 Å². The van der Waals surface area contributed by atoms with Crippen LogP contribution in [0.2, 0.25) is 0 Å². The quantitative estimate of drug-likeness (QED) is 0.609. The van der Waals surface area contributed by atoms with Crippen molar-refractivity contribution in [3.8, 4) is 0 Å². The molecule has 12 heavy (non-hydrogen) atoms.